The van der Waals surface area contributed by atoms with Gasteiger partial charge in [-0.1, -0.05) is 0 Å². The number of carbonyl (C=O) groups excluding carboxylic acids is 1. The average Bonchev–Trinajstić information content (AvgIpc) is 2.91. The molecule has 0 spiro atoms. The van der Waals surface area contributed by atoms with Gasteiger partial charge in [0, 0.05) is 31.1 Å². The number of benzene rings is 1. The Balaban J connectivity index is 1.69. The summed E-state index contributed by atoms with van der Waals surface area (Å²) >= 11 is 0. The van der Waals surface area contributed by atoms with Gasteiger partial charge >= 0.3 is 11.6 Å². The number of methoxy groups -OCH3 is 2. The molecule has 1 aromatic carbocycles. The Kier molecular flexibility index (Phi) is 7.72. The molecule has 1 aliphatic rings. The lowest BCUT2D eigenvalue weighted by Gasteiger charge is -2.40. The lowest BCUT2D eigenvalue weighted by molar-refractivity contribution is -0.593. The molecule has 2 aromatic heterocycles. The molecule has 16 nitrogen and oxygen atoms in total. The van der Waals surface area contributed by atoms with Crippen LogP contribution in [0.2, 0.25) is 0 Å². The maximum absolute atomic E-state index is 13.1. The highest BCUT2D eigenvalue weighted by atomic mass is 16.7. The molecule has 0 saturated carbocycles. The summed E-state index contributed by atoms with van der Waals surface area (Å²) in [5, 5.41) is 44.7. The molecular weight excluding hydrogens is 550 g/mol. The van der Waals surface area contributed by atoms with Gasteiger partial charge in [-0.2, -0.15) is 0 Å². The van der Waals surface area contributed by atoms with Crippen LogP contribution in [0.5, 0.6) is 23.0 Å². The fourth-order valence-corrected chi connectivity index (χ4v) is 4.60. The van der Waals surface area contributed by atoms with Crippen LogP contribution < -0.4 is 20.4 Å². The fraction of sp³-hybridized carbons (Fsp3) is 0.360. The molecule has 41 heavy (non-hydrogen) atoms. The molecule has 4 atom stereocenters. The van der Waals surface area contributed by atoms with Crippen LogP contribution in [0.15, 0.2) is 33.5 Å². The summed E-state index contributed by atoms with van der Waals surface area (Å²) in [5.41, 5.74) is -5.16. The zero-order valence-electron chi connectivity index (χ0n) is 22.1. The number of fused-ring (bicyclic) bond motifs is 1. The molecule has 4 N–H and O–H groups in total. The van der Waals surface area contributed by atoms with Gasteiger partial charge in [0.15, 0.2) is 34.7 Å². The normalized spacial score (nSPS) is 22.2. The first-order valence-corrected chi connectivity index (χ1v) is 11.9. The number of pyridine rings is 1. The second kappa shape index (κ2) is 10.9. The van der Waals surface area contributed by atoms with Crippen molar-refractivity contribution in [2.45, 2.75) is 44.3 Å². The van der Waals surface area contributed by atoms with E-state index in [2.05, 4.69) is 10.3 Å². The first-order chi connectivity index (χ1) is 19.3. The van der Waals surface area contributed by atoms with Gasteiger partial charge in [0.1, 0.15) is 17.0 Å². The topological polar surface area (TPSA) is 230 Å². The van der Waals surface area contributed by atoms with E-state index in [1.54, 1.807) is 0 Å². The number of ether oxygens (including phenoxy) is 4. The van der Waals surface area contributed by atoms with Crippen LogP contribution in [0, 0.1) is 10.1 Å². The van der Waals surface area contributed by atoms with Crippen molar-refractivity contribution < 1.29 is 53.2 Å². The van der Waals surface area contributed by atoms with Gasteiger partial charge in [0.2, 0.25) is 6.29 Å². The van der Waals surface area contributed by atoms with E-state index in [4.69, 9.17) is 23.4 Å². The predicted octanol–water partition coefficient (Wildman–Crippen LogP) is 2.12. The number of amides is 1. The molecule has 0 bridgehead atoms. The first kappa shape index (κ1) is 29.0. The van der Waals surface area contributed by atoms with Gasteiger partial charge in [0.25, 0.3) is 11.4 Å². The van der Waals surface area contributed by atoms with Crippen LogP contribution in [0.4, 0.5) is 5.69 Å². The zero-order valence-corrected chi connectivity index (χ0v) is 22.1. The minimum absolute atomic E-state index is 0.0318. The number of carboxylic acids is 1. The summed E-state index contributed by atoms with van der Waals surface area (Å²) in [7, 11) is 2.68. The quantitative estimate of drug-likeness (QED) is 0.171. The van der Waals surface area contributed by atoms with E-state index in [0.717, 1.165) is 6.07 Å². The van der Waals surface area contributed by atoms with Crippen LogP contribution >= 0.6 is 0 Å². The fourth-order valence-electron chi connectivity index (χ4n) is 4.60. The molecular formula is C25H25N3O13. The van der Waals surface area contributed by atoms with Gasteiger partial charge < -0.3 is 44.0 Å². The summed E-state index contributed by atoms with van der Waals surface area (Å²) in [5.74, 6) is -4.80. The van der Waals surface area contributed by atoms with E-state index in [9.17, 15) is 39.8 Å². The Morgan fingerprint density at radius 1 is 1.22 bits per heavy atom. The lowest BCUT2D eigenvalue weighted by Crippen LogP contribution is -2.60. The maximum atomic E-state index is 13.1. The number of rotatable bonds is 8. The number of nitrogens with one attached hydrogen (secondary N) is 1. The number of anilines is 1. The molecule has 3 heterocycles. The third kappa shape index (κ3) is 5.29. The second-order valence-electron chi connectivity index (χ2n) is 9.30. The number of hydrogen-bond donors (Lipinski definition) is 4. The van der Waals surface area contributed by atoms with Crippen LogP contribution in [-0.2, 0) is 9.47 Å². The largest absolute Gasteiger partial charge is 0.505 e. The van der Waals surface area contributed by atoms with Crippen LogP contribution in [0.3, 0.4) is 0 Å². The highest BCUT2D eigenvalue weighted by molar-refractivity contribution is 6.06. The monoisotopic (exact) mass is 575 g/mol. The lowest BCUT2D eigenvalue weighted by atomic mass is 9.85. The summed E-state index contributed by atoms with van der Waals surface area (Å²) in [6.07, 6.45) is -3.55. The molecule has 1 saturated heterocycles. The van der Waals surface area contributed by atoms with Crippen molar-refractivity contribution in [2.75, 3.05) is 19.5 Å². The number of nitro groups is 1. The maximum Gasteiger partial charge on any atom is 0.364 e. The Morgan fingerprint density at radius 2 is 1.93 bits per heavy atom. The van der Waals surface area contributed by atoms with Crippen molar-refractivity contribution in [3.05, 3.63) is 56.2 Å². The smallest absolute Gasteiger partial charge is 0.364 e. The summed E-state index contributed by atoms with van der Waals surface area (Å²) < 4.78 is 26.7. The molecule has 1 aliphatic heterocycles. The van der Waals surface area contributed by atoms with E-state index in [0.29, 0.717) is 5.75 Å². The standard InChI is InChI=1S/C25H25N3O13/c1-10-21(38-4)25(2,28(35)36)9-16(39-10)40-15-8-13(26-17(20(15)30)23(32)33)22(31)27-18-19(29)12-6-5-11(37-3)7-14(12)41-24(18)34/h5-8,10,16,21,29-30H,9H2,1-4H3,(H,27,31)(H,32,33). The van der Waals surface area contributed by atoms with Crippen molar-refractivity contribution in [1.82, 2.24) is 4.98 Å². The van der Waals surface area contributed by atoms with Gasteiger partial charge in [-0.3, -0.25) is 14.9 Å². The van der Waals surface area contributed by atoms with Crippen molar-refractivity contribution in [3.63, 3.8) is 0 Å². The van der Waals surface area contributed by atoms with Gasteiger partial charge in [-0.25, -0.2) is 14.6 Å². The Hall–Kier alpha value is -4.96. The summed E-state index contributed by atoms with van der Waals surface area (Å²) in [6.45, 7) is 2.83. The number of aromatic hydroxyl groups is 2. The molecule has 0 radical (unpaired) electrons. The van der Waals surface area contributed by atoms with E-state index < -0.39 is 80.8 Å². The van der Waals surface area contributed by atoms with Gasteiger partial charge in [0.05, 0.1) is 25.0 Å². The molecule has 1 fully saturated rings. The molecule has 3 aromatic rings. The predicted molar refractivity (Wildman–Crippen MR) is 137 cm³/mol. The van der Waals surface area contributed by atoms with Crippen LogP contribution in [-0.4, -0.2) is 75.4 Å². The summed E-state index contributed by atoms with van der Waals surface area (Å²) in [6, 6.07) is 5.05. The van der Waals surface area contributed by atoms with Crippen LogP contribution in [0.1, 0.15) is 41.2 Å². The minimum atomic E-state index is -1.74. The summed E-state index contributed by atoms with van der Waals surface area (Å²) in [4.78, 5) is 52.3. The van der Waals surface area contributed by atoms with Gasteiger partial charge in [-0.15, -0.1) is 0 Å². The van der Waals surface area contributed by atoms with E-state index in [-0.39, 0.29) is 17.4 Å². The number of carboxylic acid groups (broad SMARTS) is 1. The number of carbonyl (C=O) groups is 2. The number of nitrogens with zero attached hydrogens (tertiary/aromatic N) is 2. The Labute approximate surface area is 230 Å². The minimum Gasteiger partial charge on any atom is -0.505 e. The second-order valence-corrected chi connectivity index (χ2v) is 9.30. The third-order valence-corrected chi connectivity index (χ3v) is 6.63. The molecule has 1 amide bonds. The van der Waals surface area contributed by atoms with Crippen molar-refractivity contribution in [2.24, 2.45) is 0 Å². The zero-order chi connectivity index (χ0) is 30.2. The number of aromatic nitrogens is 1. The highest BCUT2D eigenvalue weighted by Gasteiger charge is 2.56. The van der Waals surface area contributed by atoms with E-state index >= 15 is 0 Å². The van der Waals surface area contributed by atoms with Crippen molar-refractivity contribution in [1.29, 1.82) is 0 Å². The van der Waals surface area contributed by atoms with Crippen molar-refractivity contribution in [3.8, 4) is 23.0 Å². The number of hydrogen-bond acceptors (Lipinski definition) is 13. The average molecular weight is 575 g/mol. The highest BCUT2D eigenvalue weighted by Crippen LogP contribution is 2.38. The number of aromatic carboxylic acids is 1. The van der Waals surface area contributed by atoms with Gasteiger partial charge in [-0.05, 0) is 19.1 Å². The Morgan fingerprint density at radius 3 is 2.54 bits per heavy atom. The first-order valence-electron chi connectivity index (χ1n) is 11.9. The molecule has 0 aliphatic carbocycles. The molecule has 4 unspecified atom stereocenters. The van der Waals surface area contributed by atoms with E-state index in [1.807, 2.05) is 0 Å². The van der Waals surface area contributed by atoms with Crippen molar-refractivity contribution >= 4 is 28.5 Å². The SMILES string of the molecule is COc1ccc2c(O)c(NC(=O)c3cc(OC4CC(C)([N+](=O)[O-])C(OC)C(C)O4)c(O)c(C(=O)O)n3)c(=O)oc2c1. The third-order valence-electron chi connectivity index (χ3n) is 6.63. The molecule has 4 rings (SSSR count). The molecule has 16 heteroatoms. The Bertz CT molecular complexity index is 1600. The molecule has 218 valence electrons. The van der Waals surface area contributed by atoms with E-state index in [1.165, 1.54) is 46.3 Å². The van der Waals surface area contributed by atoms with Crippen LogP contribution in [0.25, 0.3) is 11.0 Å².